The van der Waals surface area contributed by atoms with Crippen molar-refractivity contribution in [1.82, 2.24) is 9.38 Å². The molecule has 0 saturated carbocycles. The fraction of sp³-hybridized carbons (Fsp3) is 0.125. The minimum Gasteiger partial charge on any atom is -0.390 e. The molecule has 0 aliphatic rings. The van der Waals surface area contributed by atoms with Crippen LogP contribution in [0.4, 0.5) is 0 Å². The van der Waals surface area contributed by atoms with Crippen LogP contribution in [0.5, 0.6) is 0 Å². The molecule has 0 radical (unpaired) electrons. The summed E-state index contributed by atoms with van der Waals surface area (Å²) < 4.78 is 1.73. The highest BCUT2D eigenvalue weighted by molar-refractivity contribution is 6.29. The highest BCUT2D eigenvalue weighted by Gasteiger charge is 2.01. The number of hydrogen-bond acceptors (Lipinski definition) is 2. The first kappa shape index (κ1) is 7.58. The Morgan fingerprint density at radius 3 is 3.00 bits per heavy atom. The van der Waals surface area contributed by atoms with Crippen LogP contribution in [0.2, 0.25) is 5.15 Å². The van der Waals surface area contributed by atoms with E-state index in [0.717, 1.165) is 5.65 Å². The third kappa shape index (κ3) is 1.07. The smallest absolute Gasteiger partial charge is 0.138 e. The van der Waals surface area contributed by atoms with Gasteiger partial charge in [0.05, 0.1) is 12.3 Å². The molecule has 0 bridgehead atoms. The summed E-state index contributed by atoms with van der Waals surface area (Å²) in [4.78, 5) is 4.12. The Labute approximate surface area is 74.2 Å². The van der Waals surface area contributed by atoms with Gasteiger partial charge in [0, 0.05) is 6.20 Å². The fourth-order valence-electron chi connectivity index (χ4n) is 1.10. The van der Waals surface area contributed by atoms with Gasteiger partial charge in [0.25, 0.3) is 0 Å². The second-order valence-corrected chi connectivity index (χ2v) is 2.85. The third-order valence-corrected chi connectivity index (χ3v) is 1.96. The molecule has 2 rings (SSSR count). The van der Waals surface area contributed by atoms with Crippen molar-refractivity contribution in [3.8, 4) is 0 Å². The molecular formula is C8H7ClN2O. The molecule has 3 nitrogen and oxygen atoms in total. The van der Waals surface area contributed by atoms with Crippen LogP contribution in [0, 0.1) is 0 Å². The van der Waals surface area contributed by atoms with Gasteiger partial charge in [0.2, 0.25) is 0 Å². The maximum absolute atomic E-state index is 8.81. The van der Waals surface area contributed by atoms with Crippen molar-refractivity contribution in [1.29, 1.82) is 0 Å². The van der Waals surface area contributed by atoms with E-state index in [1.54, 1.807) is 16.7 Å². The van der Waals surface area contributed by atoms with Gasteiger partial charge in [0.1, 0.15) is 10.8 Å². The van der Waals surface area contributed by atoms with Crippen LogP contribution in [0.1, 0.15) is 5.69 Å². The van der Waals surface area contributed by atoms with E-state index in [2.05, 4.69) is 4.98 Å². The molecule has 0 atom stereocenters. The summed E-state index contributed by atoms with van der Waals surface area (Å²) in [6.07, 6.45) is 1.72. The molecule has 0 amide bonds. The number of halogens is 1. The number of aliphatic hydroxyl groups excluding tert-OH is 1. The molecule has 2 heterocycles. The first-order chi connectivity index (χ1) is 5.81. The molecule has 2 aromatic rings. The van der Waals surface area contributed by atoms with Crippen LogP contribution < -0.4 is 0 Å². The standard InChI is InChI=1S/C8H7ClN2O/c9-7-2-1-3-8-10-6(5-12)4-11(7)8/h1-4,12H,5H2. The maximum Gasteiger partial charge on any atom is 0.138 e. The Balaban J connectivity index is 2.74. The number of fused-ring (bicyclic) bond motifs is 1. The SMILES string of the molecule is OCc1cn2c(Cl)cccc2n1. The topological polar surface area (TPSA) is 37.5 Å². The molecule has 2 aromatic heterocycles. The minimum absolute atomic E-state index is 0.0575. The molecule has 4 heteroatoms. The molecule has 12 heavy (non-hydrogen) atoms. The van der Waals surface area contributed by atoms with Gasteiger partial charge in [-0.15, -0.1) is 0 Å². The van der Waals surface area contributed by atoms with Crippen LogP contribution in [-0.2, 0) is 6.61 Å². The lowest BCUT2D eigenvalue weighted by Gasteiger charge is -1.93. The quantitative estimate of drug-likeness (QED) is 0.679. The van der Waals surface area contributed by atoms with Gasteiger partial charge >= 0.3 is 0 Å². The molecule has 1 N–H and O–H groups in total. The van der Waals surface area contributed by atoms with E-state index in [-0.39, 0.29) is 6.61 Å². The molecule has 0 aliphatic carbocycles. The monoisotopic (exact) mass is 182 g/mol. The number of nitrogens with zero attached hydrogens (tertiary/aromatic N) is 2. The fourth-order valence-corrected chi connectivity index (χ4v) is 1.31. The predicted molar refractivity (Wildman–Crippen MR) is 46.1 cm³/mol. The Morgan fingerprint density at radius 2 is 2.33 bits per heavy atom. The second-order valence-electron chi connectivity index (χ2n) is 2.47. The largest absolute Gasteiger partial charge is 0.390 e. The van der Waals surface area contributed by atoms with E-state index in [0.29, 0.717) is 10.8 Å². The van der Waals surface area contributed by atoms with Gasteiger partial charge in [-0.05, 0) is 12.1 Å². The Morgan fingerprint density at radius 1 is 1.50 bits per heavy atom. The average molecular weight is 183 g/mol. The first-order valence-electron chi connectivity index (χ1n) is 3.54. The molecular weight excluding hydrogens is 176 g/mol. The van der Waals surface area contributed by atoms with Crippen molar-refractivity contribution in [2.75, 3.05) is 0 Å². The normalized spacial score (nSPS) is 10.8. The predicted octanol–water partition coefficient (Wildman–Crippen LogP) is 1.48. The molecule has 0 saturated heterocycles. The van der Waals surface area contributed by atoms with Gasteiger partial charge in [-0.25, -0.2) is 4.98 Å². The van der Waals surface area contributed by atoms with E-state index >= 15 is 0 Å². The lowest BCUT2D eigenvalue weighted by molar-refractivity contribution is 0.277. The summed E-state index contributed by atoms with van der Waals surface area (Å²) in [5.41, 5.74) is 1.38. The van der Waals surface area contributed by atoms with E-state index in [1.807, 2.05) is 12.1 Å². The van der Waals surface area contributed by atoms with E-state index < -0.39 is 0 Å². The van der Waals surface area contributed by atoms with Crippen molar-refractivity contribution in [2.45, 2.75) is 6.61 Å². The zero-order chi connectivity index (χ0) is 8.55. The number of pyridine rings is 1. The number of imidazole rings is 1. The Hall–Kier alpha value is -1.06. The summed E-state index contributed by atoms with van der Waals surface area (Å²) in [6, 6.07) is 5.44. The van der Waals surface area contributed by atoms with Gasteiger partial charge in [-0.3, -0.25) is 4.40 Å². The summed E-state index contributed by atoms with van der Waals surface area (Å²) >= 11 is 5.87. The van der Waals surface area contributed by atoms with Crippen molar-refractivity contribution >= 4 is 17.2 Å². The molecule has 0 fully saturated rings. The van der Waals surface area contributed by atoms with Crippen LogP contribution in [0.15, 0.2) is 24.4 Å². The third-order valence-electron chi connectivity index (χ3n) is 1.65. The summed E-state index contributed by atoms with van der Waals surface area (Å²) in [5.74, 6) is 0. The zero-order valence-electron chi connectivity index (χ0n) is 6.24. The highest BCUT2D eigenvalue weighted by atomic mass is 35.5. The maximum atomic E-state index is 8.81. The lowest BCUT2D eigenvalue weighted by atomic mass is 10.5. The van der Waals surface area contributed by atoms with E-state index in [4.69, 9.17) is 16.7 Å². The number of rotatable bonds is 1. The van der Waals surface area contributed by atoms with Crippen molar-refractivity contribution in [3.05, 3.63) is 35.2 Å². The number of aromatic nitrogens is 2. The van der Waals surface area contributed by atoms with Gasteiger partial charge in [-0.1, -0.05) is 17.7 Å². The Kier molecular flexibility index (Phi) is 1.75. The van der Waals surface area contributed by atoms with Gasteiger partial charge in [-0.2, -0.15) is 0 Å². The zero-order valence-corrected chi connectivity index (χ0v) is 6.99. The number of aliphatic hydroxyl groups is 1. The van der Waals surface area contributed by atoms with E-state index in [9.17, 15) is 0 Å². The average Bonchev–Trinajstić information content (AvgIpc) is 2.49. The lowest BCUT2D eigenvalue weighted by Crippen LogP contribution is -1.82. The van der Waals surface area contributed by atoms with E-state index in [1.165, 1.54) is 0 Å². The molecule has 62 valence electrons. The van der Waals surface area contributed by atoms with Gasteiger partial charge < -0.3 is 5.11 Å². The Bertz CT molecular complexity index is 410. The van der Waals surface area contributed by atoms with Crippen LogP contribution in [0.3, 0.4) is 0 Å². The van der Waals surface area contributed by atoms with Gasteiger partial charge in [0.15, 0.2) is 0 Å². The molecule has 0 unspecified atom stereocenters. The molecule has 0 spiro atoms. The van der Waals surface area contributed by atoms with Crippen molar-refractivity contribution < 1.29 is 5.11 Å². The minimum atomic E-state index is -0.0575. The highest BCUT2D eigenvalue weighted by Crippen LogP contribution is 2.12. The van der Waals surface area contributed by atoms with Crippen LogP contribution in [-0.4, -0.2) is 14.5 Å². The molecule has 0 aromatic carbocycles. The van der Waals surface area contributed by atoms with Crippen molar-refractivity contribution in [2.24, 2.45) is 0 Å². The summed E-state index contributed by atoms with van der Waals surface area (Å²) in [6.45, 7) is -0.0575. The first-order valence-corrected chi connectivity index (χ1v) is 3.92. The summed E-state index contributed by atoms with van der Waals surface area (Å²) in [7, 11) is 0. The second kappa shape index (κ2) is 2.77. The van der Waals surface area contributed by atoms with Crippen LogP contribution in [0.25, 0.3) is 5.65 Å². The molecule has 0 aliphatic heterocycles. The number of hydrogen-bond donors (Lipinski definition) is 1. The van der Waals surface area contributed by atoms with Crippen molar-refractivity contribution in [3.63, 3.8) is 0 Å². The summed E-state index contributed by atoms with van der Waals surface area (Å²) in [5, 5.41) is 9.41. The van der Waals surface area contributed by atoms with Crippen LogP contribution >= 0.6 is 11.6 Å².